The van der Waals surface area contributed by atoms with E-state index in [1.807, 2.05) is 30.3 Å². The Labute approximate surface area is 168 Å². The van der Waals surface area contributed by atoms with Crippen LogP contribution in [0.1, 0.15) is 15.9 Å². The first-order chi connectivity index (χ1) is 13.8. The normalized spacial score (nSPS) is 15.8. The summed E-state index contributed by atoms with van der Waals surface area (Å²) in [5.74, 6) is -1.16. The molecule has 0 aromatic heterocycles. The van der Waals surface area contributed by atoms with Crippen LogP contribution in [0.3, 0.4) is 0 Å². The maximum atomic E-state index is 12.5. The number of nitrogens with zero attached hydrogens (tertiary/aromatic N) is 2. The van der Waals surface area contributed by atoms with Gasteiger partial charge in [0, 0.05) is 31.8 Å². The Morgan fingerprint density at radius 1 is 1.07 bits per heavy atom. The molecule has 1 saturated heterocycles. The number of nitrogens with one attached hydrogen (secondary N) is 2. The largest absolute Gasteiger partial charge is 0.345 e. The first-order valence-corrected chi connectivity index (χ1v) is 9.12. The van der Waals surface area contributed by atoms with Crippen LogP contribution in [0, 0.1) is 0 Å². The zero-order chi connectivity index (χ0) is 21.0. The molecule has 1 fully saturated rings. The lowest BCUT2D eigenvalue weighted by Crippen LogP contribution is -2.38. The summed E-state index contributed by atoms with van der Waals surface area (Å²) in [6.45, 7) is -0.401. The number of carbonyl (C=O) groups excluding carboxylic acids is 4. The second-order valence-corrected chi connectivity index (χ2v) is 6.94. The average Bonchev–Trinajstić information content (AvgIpc) is 2.95. The van der Waals surface area contributed by atoms with Crippen molar-refractivity contribution >= 4 is 29.4 Å². The molecule has 0 saturated carbocycles. The van der Waals surface area contributed by atoms with Gasteiger partial charge in [-0.15, -0.1) is 0 Å². The Balaban J connectivity index is 1.62. The number of imide groups is 1. The van der Waals surface area contributed by atoms with Gasteiger partial charge in [-0.05, 0) is 23.8 Å². The van der Waals surface area contributed by atoms with Crippen molar-refractivity contribution < 1.29 is 19.2 Å². The molecule has 0 radical (unpaired) electrons. The molecule has 0 unspecified atom stereocenters. The van der Waals surface area contributed by atoms with Crippen molar-refractivity contribution in [3.63, 3.8) is 0 Å². The van der Waals surface area contributed by atoms with Crippen LogP contribution in [0.15, 0.2) is 54.6 Å². The Morgan fingerprint density at radius 2 is 1.79 bits per heavy atom. The fourth-order valence-corrected chi connectivity index (χ4v) is 3.05. The van der Waals surface area contributed by atoms with Crippen LogP contribution in [0.2, 0.25) is 0 Å². The molecule has 2 aromatic carbocycles. The molecule has 5 amide bonds. The Bertz CT molecular complexity index is 943. The first-order valence-electron chi connectivity index (χ1n) is 9.12. The highest BCUT2D eigenvalue weighted by atomic mass is 16.2. The van der Waals surface area contributed by atoms with E-state index in [4.69, 9.17) is 0 Å². The number of urea groups is 1. The van der Waals surface area contributed by atoms with Crippen LogP contribution in [0.4, 0.5) is 10.5 Å². The van der Waals surface area contributed by atoms with Gasteiger partial charge in [-0.3, -0.25) is 19.3 Å². The minimum absolute atomic E-state index is 0.195. The minimum atomic E-state index is -0.696. The van der Waals surface area contributed by atoms with Gasteiger partial charge in [-0.25, -0.2) is 4.79 Å². The van der Waals surface area contributed by atoms with Crippen LogP contribution in [-0.4, -0.2) is 60.2 Å². The lowest BCUT2D eigenvalue weighted by molar-refractivity contribution is -0.130. The summed E-state index contributed by atoms with van der Waals surface area (Å²) in [7, 11) is 3.27. The summed E-state index contributed by atoms with van der Waals surface area (Å²) in [6, 6.07) is 14.5. The molecule has 29 heavy (non-hydrogen) atoms. The molecule has 2 aromatic rings. The predicted octanol–water partition coefficient (Wildman–Crippen LogP) is 1.49. The molecule has 1 atom stereocenters. The highest BCUT2D eigenvalue weighted by Crippen LogP contribution is 2.14. The molecule has 3 rings (SSSR count). The summed E-state index contributed by atoms with van der Waals surface area (Å²) >= 11 is 0. The van der Waals surface area contributed by atoms with Gasteiger partial charge in [0.05, 0.1) is 0 Å². The molecule has 0 bridgehead atoms. The molecule has 1 aliphatic rings. The van der Waals surface area contributed by atoms with Gasteiger partial charge in [-0.1, -0.05) is 36.4 Å². The standard InChI is InChI=1S/C21H22N4O4/c1-24(2)19(27)15-9-6-10-16(12-15)22-18(26)13-25-20(28)17(23-21(25)29)11-14-7-4-3-5-8-14/h3-10,12,17H,11,13H2,1-2H3,(H,22,26)(H,23,29)/t17-/m0/s1. The Kier molecular flexibility index (Phi) is 5.92. The lowest BCUT2D eigenvalue weighted by atomic mass is 10.1. The van der Waals surface area contributed by atoms with E-state index >= 15 is 0 Å². The molecular weight excluding hydrogens is 372 g/mol. The molecule has 0 aliphatic carbocycles. The summed E-state index contributed by atoms with van der Waals surface area (Å²) in [5.41, 5.74) is 1.75. The topological polar surface area (TPSA) is 98.8 Å². The smallest absolute Gasteiger partial charge is 0.325 e. The van der Waals surface area contributed by atoms with Crippen molar-refractivity contribution in [1.29, 1.82) is 0 Å². The SMILES string of the molecule is CN(C)C(=O)c1cccc(NC(=O)CN2C(=O)N[C@@H](Cc3ccccc3)C2=O)c1. The molecule has 1 heterocycles. The summed E-state index contributed by atoms with van der Waals surface area (Å²) < 4.78 is 0. The van der Waals surface area contributed by atoms with Gasteiger partial charge in [0.2, 0.25) is 5.91 Å². The lowest BCUT2D eigenvalue weighted by Gasteiger charge is -2.14. The second kappa shape index (κ2) is 8.55. The van der Waals surface area contributed by atoms with Crippen molar-refractivity contribution in [2.75, 3.05) is 26.0 Å². The average molecular weight is 394 g/mol. The van der Waals surface area contributed by atoms with E-state index in [0.717, 1.165) is 10.5 Å². The van der Waals surface area contributed by atoms with Gasteiger partial charge in [0.1, 0.15) is 12.6 Å². The molecular formula is C21H22N4O4. The van der Waals surface area contributed by atoms with Gasteiger partial charge in [0.25, 0.3) is 11.8 Å². The predicted molar refractivity (Wildman–Crippen MR) is 107 cm³/mol. The van der Waals surface area contributed by atoms with Crippen LogP contribution in [0.25, 0.3) is 0 Å². The van der Waals surface area contributed by atoms with Gasteiger partial charge >= 0.3 is 6.03 Å². The number of amides is 5. The van der Waals surface area contributed by atoms with E-state index in [1.54, 1.807) is 38.4 Å². The highest BCUT2D eigenvalue weighted by Gasteiger charge is 2.38. The van der Waals surface area contributed by atoms with E-state index < -0.39 is 30.4 Å². The first kappa shape index (κ1) is 20.1. The quantitative estimate of drug-likeness (QED) is 0.725. The van der Waals surface area contributed by atoms with E-state index in [2.05, 4.69) is 10.6 Å². The summed E-state index contributed by atoms with van der Waals surface area (Å²) in [6.07, 6.45) is 0.359. The number of carbonyl (C=O) groups is 4. The third-order valence-corrected chi connectivity index (χ3v) is 4.49. The van der Waals surface area contributed by atoms with Gasteiger partial charge in [0.15, 0.2) is 0 Å². The fraction of sp³-hybridized carbons (Fsp3) is 0.238. The summed E-state index contributed by atoms with van der Waals surface area (Å²) in [4.78, 5) is 51.4. The molecule has 8 nitrogen and oxygen atoms in total. The fourth-order valence-electron chi connectivity index (χ4n) is 3.05. The van der Waals surface area contributed by atoms with Crippen molar-refractivity contribution in [1.82, 2.24) is 15.1 Å². The molecule has 8 heteroatoms. The van der Waals surface area contributed by atoms with E-state index in [9.17, 15) is 19.2 Å². The van der Waals surface area contributed by atoms with Crippen LogP contribution in [0.5, 0.6) is 0 Å². The van der Waals surface area contributed by atoms with E-state index in [-0.39, 0.29) is 5.91 Å². The highest BCUT2D eigenvalue weighted by molar-refractivity contribution is 6.08. The van der Waals surface area contributed by atoms with Crippen molar-refractivity contribution in [3.05, 3.63) is 65.7 Å². The number of anilines is 1. The summed E-state index contributed by atoms with van der Waals surface area (Å²) in [5, 5.41) is 5.24. The van der Waals surface area contributed by atoms with Crippen molar-refractivity contribution in [2.45, 2.75) is 12.5 Å². The van der Waals surface area contributed by atoms with E-state index in [1.165, 1.54) is 4.90 Å². The molecule has 150 valence electrons. The second-order valence-electron chi connectivity index (χ2n) is 6.94. The zero-order valence-corrected chi connectivity index (χ0v) is 16.2. The zero-order valence-electron chi connectivity index (χ0n) is 16.2. The maximum Gasteiger partial charge on any atom is 0.325 e. The Morgan fingerprint density at radius 3 is 2.48 bits per heavy atom. The van der Waals surface area contributed by atoms with Crippen molar-refractivity contribution in [2.24, 2.45) is 0 Å². The molecule has 0 spiro atoms. The number of hydrogen-bond donors (Lipinski definition) is 2. The van der Waals surface area contributed by atoms with Crippen molar-refractivity contribution in [3.8, 4) is 0 Å². The van der Waals surface area contributed by atoms with Crippen LogP contribution >= 0.6 is 0 Å². The van der Waals surface area contributed by atoms with Crippen LogP contribution in [-0.2, 0) is 16.0 Å². The number of hydrogen-bond acceptors (Lipinski definition) is 4. The Hall–Kier alpha value is -3.68. The number of benzene rings is 2. The van der Waals surface area contributed by atoms with Gasteiger partial charge in [-0.2, -0.15) is 0 Å². The molecule has 1 aliphatic heterocycles. The van der Waals surface area contributed by atoms with Gasteiger partial charge < -0.3 is 15.5 Å². The third kappa shape index (κ3) is 4.78. The monoisotopic (exact) mass is 394 g/mol. The maximum absolute atomic E-state index is 12.5. The number of rotatable bonds is 6. The third-order valence-electron chi connectivity index (χ3n) is 4.49. The van der Waals surface area contributed by atoms with Crippen LogP contribution < -0.4 is 10.6 Å². The van der Waals surface area contributed by atoms with E-state index in [0.29, 0.717) is 17.7 Å². The molecule has 2 N–H and O–H groups in total. The minimum Gasteiger partial charge on any atom is -0.345 e.